The summed E-state index contributed by atoms with van der Waals surface area (Å²) in [5.41, 5.74) is 4.51. The molecular weight excluding hydrogens is 374 g/mol. The van der Waals surface area contributed by atoms with Gasteiger partial charge in [-0.1, -0.05) is 36.4 Å². The predicted octanol–water partition coefficient (Wildman–Crippen LogP) is 3.42. The molecule has 0 spiro atoms. The average Bonchev–Trinajstić information content (AvgIpc) is 3.36. The maximum atomic E-state index is 12.8. The van der Waals surface area contributed by atoms with Crippen molar-refractivity contribution in [3.05, 3.63) is 59.7 Å². The number of rotatable bonds is 5. The van der Waals surface area contributed by atoms with E-state index in [9.17, 15) is 9.59 Å². The highest BCUT2D eigenvalue weighted by Crippen LogP contribution is 2.32. The van der Waals surface area contributed by atoms with Crippen LogP contribution in [0, 0.1) is 0 Å². The first kappa shape index (κ1) is 18.8. The Morgan fingerprint density at radius 2 is 1.93 bits per heavy atom. The van der Waals surface area contributed by atoms with Crippen molar-refractivity contribution in [2.45, 2.75) is 31.8 Å². The van der Waals surface area contributed by atoms with Crippen LogP contribution in [0.5, 0.6) is 0 Å². The Morgan fingerprint density at radius 1 is 1.11 bits per heavy atom. The summed E-state index contributed by atoms with van der Waals surface area (Å²) in [6.45, 7) is 2.42. The predicted molar refractivity (Wildman–Crippen MR) is 112 cm³/mol. The zero-order valence-corrected chi connectivity index (χ0v) is 16.5. The topological polar surface area (TPSA) is 52.7 Å². The smallest absolute Gasteiger partial charge is 0.247 e. The lowest BCUT2D eigenvalue weighted by Crippen LogP contribution is -2.43. The molecule has 0 aromatic heterocycles. The van der Waals surface area contributed by atoms with E-state index in [0.717, 1.165) is 31.6 Å². The zero-order valence-electron chi connectivity index (χ0n) is 15.7. The molecule has 1 N–H and O–H groups in total. The van der Waals surface area contributed by atoms with Crippen molar-refractivity contribution in [2.24, 2.45) is 0 Å². The number of halogens is 1. The third-order valence-electron chi connectivity index (χ3n) is 5.55. The van der Waals surface area contributed by atoms with E-state index in [0.29, 0.717) is 13.0 Å². The fourth-order valence-electron chi connectivity index (χ4n) is 4.13. The van der Waals surface area contributed by atoms with Gasteiger partial charge in [0.25, 0.3) is 0 Å². The van der Waals surface area contributed by atoms with E-state index in [1.165, 1.54) is 16.8 Å². The Balaban J connectivity index is 1.47. The van der Waals surface area contributed by atoms with Gasteiger partial charge in [0.15, 0.2) is 0 Å². The fraction of sp³-hybridized carbons (Fsp3) is 0.364. The number of benzene rings is 2. The number of likely N-dealkylation sites (tertiary alicyclic amines) is 1. The first-order chi connectivity index (χ1) is 13.7. The van der Waals surface area contributed by atoms with Crippen LogP contribution >= 0.6 is 11.6 Å². The van der Waals surface area contributed by atoms with Crippen LogP contribution in [0.4, 0.5) is 11.4 Å². The highest BCUT2D eigenvalue weighted by Gasteiger charge is 2.33. The van der Waals surface area contributed by atoms with Gasteiger partial charge in [-0.3, -0.25) is 9.59 Å². The average molecular weight is 398 g/mol. The van der Waals surface area contributed by atoms with Gasteiger partial charge in [0.1, 0.15) is 11.9 Å². The second-order valence-electron chi connectivity index (χ2n) is 7.37. The SMILES string of the molecule is O=C(Nc1ccc2c(c1)N(Cc1ccccc1)CC2)[C@@H]1CCCN1C(=O)CCl. The van der Waals surface area contributed by atoms with Gasteiger partial charge in [-0.05, 0) is 42.5 Å². The van der Waals surface area contributed by atoms with Crippen molar-refractivity contribution in [1.82, 2.24) is 4.90 Å². The Morgan fingerprint density at radius 3 is 2.71 bits per heavy atom. The molecule has 2 amide bonds. The van der Waals surface area contributed by atoms with E-state index in [-0.39, 0.29) is 17.7 Å². The van der Waals surface area contributed by atoms with Gasteiger partial charge in [-0.2, -0.15) is 0 Å². The minimum absolute atomic E-state index is 0.0862. The van der Waals surface area contributed by atoms with Crippen LogP contribution in [0.1, 0.15) is 24.0 Å². The first-order valence-corrected chi connectivity index (χ1v) is 10.3. The van der Waals surface area contributed by atoms with Gasteiger partial charge in [0, 0.05) is 31.0 Å². The number of hydrogen-bond acceptors (Lipinski definition) is 3. The van der Waals surface area contributed by atoms with Crippen molar-refractivity contribution in [3.8, 4) is 0 Å². The lowest BCUT2D eigenvalue weighted by Gasteiger charge is -2.24. The first-order valence-electron chi connectivity index (χ1n) is 9.74. The molecule has 4 rings (SSSR count). The van der Waals surface area contributed by atoms with E-state index in [1.54, 1.807) is 4.90 Å². The maximum Gasteiger partial charge on any atom is 0.247 e. The van der Waals surface area contributed by atoms with Crippen LogP contribution in [0.15, 0.2) is 48.5 Å². The number of carbonyl (C=O) groups is 2. The number of alkyl halides is 1. The van der Waals surface area contributed by atoms with Gasteiger partial charge in [0.05, 0.1) is 0 Å². The van der Waals surface area contributed by atoms with Crippen LogP contribution < -0.4 is 10.2 Å². The van der Waals surface area contributed by atoms with Crippen LogP contribution in [-0.2, 0) is 22.6 Å². The molecule has 1 fully saturated rings. The molecule has 2 aromatic carbocycles. The molecule has 0 bridgehead atoms. The van der Waals surface area contributed by atoms with E-state index in [1.807, 2.05) is 18.2 Å². The summed E-state index contributed by atoms with van der Waals surface area (Å²) in [4.78, 5) is 28.7. The zero-order chi connectivity index (χ0) is 19.5. The third kappa shape index (κ3) is 3.85. The number of fused-ring (bicyclic) bond motifs is 1. The van der Waals surface area contributed by atoms with Gasteiger partial charge in [-0.15, -0.1) is 11.6 Å². The summed E-state index contributed by atoms with van der Waals surface area (Å²) in [5.74, 6) is -0.400. The molecule has 146 valence electrons. The maximum absolute atomic E-state index is 12.8. The lowest BCUT2D eigenvalue weighted by atomic mass is 10.1. The highest BCUT2D eigenvalue weighted by atomic mass is 35.5. The van der Waals surface area contributed by atoms with Crippen LogP contribution in [0.3, 0.4) is 0 Å². The molecule has 0 unspecified atom stereocenters. The van der Waals surface area contributed by atoms with E-state index >= 15 is 0 Å². The summed E-state index contributed by atoms with van der Waals surface area (Å²) in [6.07, 6.45) is 2.52. The second kappa shape index (κ2) is 8.23. The summed E-state index contributed by atoms with van der Waals surface area (Å²) in [6, 6.07) is 16.1. The number of nitrogens with zero attached hydrogens (tertiary/aromatic N) is 2. The molecule has 28 heavy (non-hydrogen) atoms. The van der Waals surface area contributed by atoms with Gasteiger partial charge in [-0.25, -0.2) is 0 Å². The summed E-state index contributed by atoms with van der Waals surface area (Å²) < 4.78 is 0. The van der Waals surface area contributed by atoms with Crippen molar-refractivity contribution in [2.75, 3.05) is 29.2 Å². The van der Waals surface area contributed by atoms with Gasteiger partial charge >= 0.3 is 0 Å². The molecule has 0 saturated carbocycles. The lowest BCUT2D eigenvalue weighted by molar-refractivity contribution is -0.134. The van der Waals surface area contributed by atoms with Crippen molar-refractivity contribution >= 4 is 34.8 Å². The molecule has 5 nitrogen and oxygen atoms in total. The molecule has 0 aliphatic carbocycles. The summed E-state index contributed by atoms with van der Waals surface area (Å²) in [7, 11) is 0. The van der Waals surface area contributed by atoms with Crippen LogP contribution in [0.2, 0.25) is 0 Å². The quantitative estimate of drug-likeness (QED) is 0.786. The number of amides is 2. The third-order valence-corrected chi connectivity index (χ3v) is 5.78. The monoisotopic (exact) mass is 397 g/mol. The second-order valence-corrected chi connectivity index (χ2v) is 7.64. The van der Waals surface area contributed by atoms with Crippen molar-refractivity contribution < 1.29 is 9.59 Å². The summed E-state index contributed by atoms with van der Waals surface area (Å²) in [5, 5.41) is 3.00. The Labute approximate surface area is 170 Å². The largest absolute Gasteiger partial charge is 0.367 e. The Bertz CT molecular complexity index is 871. The molecule has 1 atom stereocenters. The number of nitrogens with one attached hydrogen (secondary N) is 1. The van der Waals surface area contributed by atoms with Crippen LogP contribution in [0.25, 0.3) is 0 Å². The molecule has 2 aliphatic rings. The number of anilines is 2. The minimum Gasteiger partial charge on any atom is -0.367 e. The van der Waals surface area contributed by atoms with Crippen molar-refractivity contribution in [3.63, 3.8) is 0 Å². The molecule has 2 aromatic rings. The fourth-order valence-corrected chi connectivity index (χ4v) is 4.28. The Kier molecular flexibility index (Phi) is 5.53. The molecule has 2 aliphatic heterocycles. The van der Waals surface area contributed by atoms with Gasteiger partial charge < -0.3 is 15.1 Å². The van der Waals surface area contributed by atoms with E-state index < -0.39 is 6.04 Å². The van der Waals surface area contributed by atoms with E-state index in [2.05, 4.69) is 40.5 Å². The number of carbonyl (C=O) groups excluding carboxylic acids is 2. The molecule has 1 saturated heterocycles. The Hall–Kier alpha value is -2.53. The van der Waals surface area contributed by atoms with E-state index in [4.69, 9.17) is 11.6 Å². The molecule has 2 heterocycles. The highest BCUT2D eigenvalue weighted by molar-refractivity contribution is 6.27. The van der Waals surface area contributed by atoms with Gasteiger partial charge in [0.2, 0.25) is 11.8 Å². The minimum atomic E-state index is -0.431. The number of hydrogen-bond donors (Lipinski definition) is 1. The molecular formula is C22H24ClN3O2. The summed E-state index contributed by atoms with van der Waals surface area (Å²) >= 11 is 5.68. The normalized spacial score (nSPS) is 18.2. The van der Waals surface area contributed by atoms with Crippen molar-refractivity contribution in [1.29, 1.82) is 0 Å². The van der Waals surface area contributed by atoms with Crippen LogP contribution in [-0.4, -0.2) is 41.7 Å². The standard InChI is InChI=1S/C22H24ClN3O2/c23-14-21(27)26-11-4-7-19(26)22(28)24-18-9-8-17-10-12-25(20(17)13-18)15-16-5-2-1-3-6-16/h1-3,5-6,8-9,13,19H,4,7,10-12,14-15H2,(H,24,28)/t19-/m0/s1. The molecule has 0 radical (unpaired) electrons. The molecule has 6 heteroatoms.